The Morgan fingerprint density at radius 3 is 2.62 bits per heavy atom. The number of alkyl halides is 1. The Balaban J connectivity index is 2.17. The molecule has 2 aromatic rings. The summed E-state index contributed by atoms with van der Waals surface area (Å²) in [4.78, 5) is 0. The standard InChI is InChI=1S/C15H17F/c1-12(16)6-4-8-14-10-5-9-13-7-2-3-11-15(13)14/h2-3,5,7,9-12H,4,6,8H2,1H3. The molecule has 2 aromatic carbocycles. The van der Waals surface area contributed by atoms with E-state index in [0.29, 0.717) is 6.42 Å². The number of fused-ring (bicyclic) bond motifs is 1. The molecule has 0 amide bonds. The molecular formula is C15H17F. The van der Waals surface area contributed by atoms with Crippen molar-refractivity contribution >= 4 is 10.8 Å². The van der Waals surface area contributed by atoms with Crippen molar-refractivity contribution in [3.05, 3.63) is 48.0 Å². The molecule has 0 fully saturated rings. The van der Waals surface area contributed by atoms with Crippen molar-refractivity contribution in [2.75, 3.05) is 0 Å². The predicted molar refractivity (Wildman–Crippen MR) is 67.5 cm³/mol. The van der Waals surface area contributed by atoms with Crippen LogP contribution in [0.15, 0.2) is 42.5 Å². The Kier molecular flexibility index (Phi) is 3.55. The average Bonchev–Trinajstić information content (AvgIpc) is 2.29. The summed E-state index contributed by atoms with van der Waals surface area (Å²) in [5, 5.41) is 2.57. The van der Waals surface area contributed by atoms with Crippen LogP contribution in [0.3, 0.4) is 0 Å². The summed E-state index contributed by atoms with van der Waals surface area (Å²) in [5.41, 5.74) is 1.33. The van der Waals surface area contributed by atoms with E-state index in [2.05, 4.69) is 42.5 Å². The fourth-order valence-corrected chi connectivity index (χ4v) is 2.08. The lowest BCUT2D eigenvalue weighted by Crippen LogP contribution is -1.94. The van der Waals surface area contributed by atoms with Crippen LogP contribution < -0.4 is 0 Å². The van der Waals surface area contributed by atoms with Gasteiger partial charge in [-0.1, -0.05) is 42.5 Å². The SMILES string of the molecule is CC(F)CCCc1cccc2ccccc12. The Morgan fingerprint density at radius 1 is 1.06 bits per heavy atom. The molecule has 0 saturated heterocycles. The molecule has 16 heavy (non-hydrogen) atoms. The fraction of sp³-hybridized carbons (Fsp3) is 0.333. The van der Waals surface area contributed by atoms with Crippen LogP contribution in [0.4, 0.5) is 4.39 Å². The van der Waals surface area contributed by atoms with Crippen LogP contribution in [0.1, 0.15) is 25.3 Å². The molecule has 1 atom stereocenters. The van der Waals surface area contributed by atoms with Crippen molar-refractivity contribution in [3.63, 3.8) is 0 Å². The summed E-state index contributed by atoms with van der Waals surface area (Å²) in [6.45, 7) is 1.63. The van der Waals surface area contributed by atoms with Crippen LogP contribution in [0.2, 0.25) is 0 Å². The number of halogens is 1. The zero-order chi connectivity index (χ0) is 11.4. The first-order valence-corrected chi connectivity index (χ1v) is 5.88. The summed E-state index contributed by atoms with van der Waals surface area (Å²) in [7, 11) is 0. The van der Waals surface area contributed by atoms with Gasteiger partial charge in [-0.15, -0.1) is 0 Å². The Bertz CT molecular complexity index is 454. The minimum atomic E-state index is -0.685. The van der Waals surface area contributed by atoms with E-state index in [9.17, 15) is 4.39 Å². The second kappa shape index (κ2) is 5.11. The first-order chi connectivity index (χ1) is 7.77. The van der Waals surface area contributed by atoms with Gasteiger partial charge in [0, 0.05) is 0 Å². The number of aryl methyl sites for hydroxylation is 1. The van der Waals surface area contributed by atoms with Crippen LogP contribution >= 0.6 is 0 Å². The van der Waals surface area contributed by atoms with E-state index in [4.69, 9.17) is 0 Å². The molecule has 84 valence electrons. The lowest BCUT2D eigenvalue weighted by molar-refractivity contribution is 0.334. The van der Waals surface area contributed by atoms with E-state index >= 15 is 0 Å². The minimum Gasteiger partial charge on any atom is -0.248 e. The lowest BCUT2D eigenvalue weighted by atomic mass is 10.00. The number of benzene rings is 2. The summed E-state index contributed by atoms with van der Waals surface area (Å²) in [6, 6.07) is 14.7. The molecule has 0 radical (unpaired) electrons. The molecule has 0 aliphatic rings. The summed E-state index contributed by atoms with van der Waals surface area (Å²) >= 11 is 0. The minimum absolute atomic E-state index is 0.656. The summed E-state index contributed by atoms with van der Waals surface area (Å²) in [5.74, 6) is 0. The smallest absolute Gasteiger partial charge is 0.0973 e. The molecule has 2 rings (SSSR count). The van der Waals surface area contributed by atoms with Gasteiger partial charge in [-0.2, -0.15) is 0 Å². The lowest BCUT2D eigenvalue weighted by Gasteiger charge is -2.06. The van der Waals surface area contributed by atoms with E-state index in [0.717, 1.165) is 12.8 Å². The van der Waals surface area contributed by atoms with Crippen molar-refractivity contribution in [2.45, 2.75) is 32.4 Å². The summed E-state index contributed by atoms with van der Waals surface area (Å²) < 4.78 is 12.7. The van der Waals surface area contributed by atoms with Gasteiger partial charge in [-0.3, -0.25) is 0 Å². The largest absolute Gasteiger partial charge is 0.248 e. The van der Waals surface area contributed by atoms with Crippen LogP contribution in [0.25, 0.3) is 10.8 Å². The first kappa shape index (κ1) is 11.1. The van der Waals surface area contributed by atoms with Gasteiger partial charge in [0.1, 0.15) is 0 Å². The maximum Gasteiger partial charge on any atom is 0.0973 e. The third-order valence-electron chi connectivity index (χ3n) is 2.93. The molecule has 0 aliphatic heterocycles. The van der Waals surface area contributed by atoms with Crippen molar-refractivity contribution in [2.24, 2.45) is 0 Å². The van der Waals surface area contributed by atoms with Crippen LogP contribution in [-0.4, -0.2) is 6.17 Å². The van der Waals surface area contributed by atoms with Gasteiger partial charge < -0.3 is 0 Å². The van der Waals surface area contributed by atoms with Crippen molar-refractivity contribution in [1.82, 2.24) is 0 Å². The van der Waals surface area contributed by atoms with Crippen LogP contribution in [-0.2, 0) is 6.42 Å². The van der Waals surface area contributed by atoms with Gasteiger partial charge in [0.2, 0.25) is 0 Å². The monoisotopic (exact) mass is 216 g/mol. The van der Waals surface area contributed by atoms with E-state index in [-0.39, 0.29) is 0 Å². The second-order valence-corrected chi connectivity index (χ2v) is 4.31. The van der Waals surface area contributed by atoms with Crippen LogP contribution in [0.5, 0.6) is 0 Å². The quantitative estimate of drug-likeness (QED) is 0.704. The normalized spacial score (nSPS) is 12.9. The van der Waals surface area contributed by atoms with E-state index < -0.39 is 6.17 Å². The third-order valence-corrected chi connectivity index (χ3v) is 2.93. The van der Waals surface area contributed by atoms with Gasteiger partial charge in [-0.25, -0.2) is 4.39 Å². The van der Waals surface area contributed by atoms with Gasteiger partial charge in [0.15, 0.2) is 0 Å². The Hall–Kier alpha value is -1.37. The van der Waals surface area contributed by atoms with E-state index in [1.165, 1.54) is 16.3 Å². The molecule has 0 nitrogen and oxygen atoms in total. The van der Waals surface area contributed by atoms with Crippen molar-refractivity contribution < 1.29 is 4.39 Å². The van der Waals surface area contributed by atoms with E-state index in [1.807, 2.05) is 0 Å². The molecule has 0 bridgehead atoms. The fourth-order valence-electron chi connectivity index (χ4n) is 2.08. The molecule has 0 aromatic heterocycles. The highest BCUT2D eigenvalue weighted by Crippen LogP contribution is 2.20. The molecule has 0 aliphatic carbocycles. The van der Waals surface area contributed by atoms with Crippen LogP contribution in [0, 0.1) is 0 Å². The third kappa shape index (κ3) is 2.60. The molecule has 1 heteroatoms. The van der Waals surface area contributed by atoms with Gasteiger partial charge in [-0.05, 0) is 42.5 Å². The molecule has 1 unspecified atom stereocenters. The van der Waals surface area contributed by atoms with E-state index in [1.54, 1.807) is 6.92 Å². The highest BCUT2D eigenvalue weighted by atomic mass is 19.1. The van der Waals surface area contributed by atoms with Gasteiger partial charge in [0.25, 0.3) is 0 Å². The van der Waals surface area contributed by atoms with Crippen molar-refractivity contribution in [1.29, 1.82) is 0 Å². The van der Waals surface area contributed by atoms with Crippen molar-refractivity contribution in [3.8, 4) is 0 Å². The highest BCUT2D eigenvalue weighted by Gasteiger charge is 2.02. The first-order valence-electron chi connectivity index (χ1n) is 5.88. The molecule has 0 spiro atoms. The number of rotatable bonds is 4. The topological polar surface area (TPSA) is 0 Å². The summed E-state index contributed by atoms with van der Waals surface area (Å²) in [6.07, 6.45) is 1.86. The average molecular weight is 216 g/mol. The Morgan fingerprint density at radius 2 is 1.81 bits per heavy atom. The Labute approximate surface area is 96.1 Å². The molecule has 0 N–H and O–H groups in total. The molecular weight excluding hydrogens is 199 g/mol. The zero-order valence-electron chi connectivity index (χ0n) is 9.62. The predicted octanol–water partition coefficient (Wildman–Crippen LogP) is 4.52. The number of hydrogen-bond donors (Lipinski definition) is 0. The van der Waals surface area contributed by atoms with Gasteiger partial charge >= 0.3 is 0 Å². The maximum absolute atomic E-state index is 12.7. The highest BCUT2D eigenvalue weighted by molar-refractivity contribution is 5.85. The van der Waals surface area contributed by atoms with Gasteiger partial charge in [0.05, 0.1) is 6.17 Å². The molecule has 0 saturated carbocycles. The maximum atomic E-state index is 12.7. The number of hydrogen-bond acceptors (Lipinski definition) is 0. The second-order valence-electron chi connectivity index (χ2n) is 4.31. The molecule has 0 heterocycles. The zero-order valence-corrected chi connectivity index (χ0v) is 9.62.